The first-order chi connectivity index (χ1) is 7.61. The summed E-state index contributed by atoms with van der Waals surface area (Å²) in [4.78, 5) is 3.97. The Labute approximate surface area is 95.9 Å². The first-order valence-electron chi connectivity index (χ1n) is 4.58. The second-order valence-electron chi connectivity index (χ2n) is 3.36. The molecule has 0 amide bonds. The molecule has 0 aliphatic rings. The summed E-state index contributed by atoms with van der Waals surface area (Å²) in [5.74, 6) is -1.00. The first kappa shape index (κ1) is 11.1. The normalized spacial score (nSPS) is 10.8. The van der Waals surface area contributed by atoms with Crippen LogP contribution in [0.1, 0.15) is 11.3 Å². The highest BCUT2D eigenvalue weighted by Crippen LogP contribution is 2.25. The van der Waals surface area contributed by atoms with Crippen molar-refractivity contribution in [2.24, 2.45) is 0 Å². The molecule has 1 aromatic heterocycles. The van der Waals surface area contributed by atoms with Crippen LogP contribution in [0.3, 0.4) is 0 Å². The van der Waals surface area contributed by atoms with Gasteiger partial charge in [0.15, 0.2) is 0 Å². The molecule has 1 heterocycles. The topological polar surface area (TPSA) is 26.0 Å². The number of alkyl halides is 1. The van der Waals surface area contributed by atoms with E-state index in [9.17, 15) is 8.78 Å². The zero-order valence-corrected chi connectivity index (χ0v) is 9.18. The van der Waals surface area contributed by atoms with Gasteiger partial charge in [0, 0.05) is 6.07 Å². The average Bonchev–Trinajstić information content (AvgIpc) is 2.71. The van der Waals surface area contributed by atoms with Crippen LogP contribution in [-0.4, -0.2) is 4.98 Å². The second-order valence-corrected chi connectivity index (χ2v) is 3.63. The maximum Gasteiger partial charge on any atom is 0.229 e. The van der Waals surface area contributed by atoms with Crippen LogP contribution in [0.2, 0.25) is 0 Å². The Morgan fingerprint density at radius 1 is 1.31 bits per heavy atom. The van der Waals surface area contributed by atoms with Crippen LogP contribution in [0.5, 0.6) is 0 Å². The average molecular weight is 244 g/mol. The number of aromatic nitrogens is 1. The van der Waals surface area contributed by atoms with Crippen molar-refractivity contribution < 1.29 is 13.2 Å². The van der Waals surface area contributed by atoms with Crippen molar-refractivity contribution in [1.29, 1.82) is 0 Å². The SMILES string of the molecule is Cc1cc(-c2nc(CCl)co2)c(F)cc1F. The van der Waals surface area contributed by atoms with E-state index in [1.807, 2.05) is 0 Å². The molecule has 2 nitrogen and oxygen atoms in total. The van der Waals surface area contributed by atoms with Gasteiger partial charge in [-0.1, -0.05) is 0 Å². The summed E-state index contributed by atoms with van der Waals surface area (Å²) in [6.07, 6.45) is 1.35. The number of aryl methyl sites for hydroxylation is 1. The molecule has 0 unspecified atom stereocenters. The highest BCUT2D eigenvalue weighted by atomic mass is 35.5. The van der Waals surface area contributed by atoms with E-state index in [1.165, 1.54) is 12.3 Å². The molecule has 2 aromatic rings. The summed E-state index contributed by atoms with van der Waals surface area (Å²) in [6.45, 7) is 1.55. The molecule has 0 bridgehead atoms. The van der Waals surface area contributed by atoms with Gasteiger partial charge in [-0.25, -0.2) is 13.8 Å². The number of hydrogen-bond donors (Lipinski definition) is 0. The molecule has 0 radical (unpaired) electrons. The van der Waals surface area contributed by atoms with Gasteiger partial charge in [-0.3, -0.25) is 0 Å². The van der Waals surface area contributed by atoms with Crippen LogP contribution in [0.15, 0.2) is 22.8 Å². The molecule has 0 atom stereocenters. The largest absolute Gasteiger partial charge is 0.444 e. The molecule has 0 saturated carbocycles. The Kier molecular flexibility index (Phi) is 2.92. The van der Waals surface area contributed by atoms with Crippen molar-refractivity contribution in [1.82, 2.24) is 4.98 Å². The summed E-state index contributed by atoms with van der Waals surface area (Å²) >= 11 is 5.55. The Balaban J connectivity index is 2.51. The monoisotopic (exact) mass is 243 g/mol. The van der Waals surface area contributed by atoms with Crippen LogP contribution in [0.4, 0.5) is 8.78 Å². The van der Waals surface area contributed by atoms with Gasteiger partial charge in [0.1, 0.15) is 17.9 Å². The summed E-state index contributed by atoms with van der Waals surface area (Å²) in [5.41, 5.74) is 0.982. The number of halogens is 3. The molecule has 5 heteroatoms. The minimum atomic E-state index is -0.703. The van der Waals surface area contributed by atoms with Crippen LogP contribution in [0.25, 0.3) is 11.5 Å². The van der Waals surface area contributed by atoms with Gasteiger partial charge >= 0.3 is 0 Å². The third-order valence-electron chi connectivity index (χ3n) is 2.17. The van der Waals surface area contributed by atoms with E-state index >= 15 is 0 Å². The smallest absolute Gasteiger partial charge is 0.229 e. The van der Waals surface area contributed by atoms with Crippen LogP contribution >= 0.6 is 11.6 Å². The number of benzene rings is 1. The summed E-state index contributed by atoms with van der Waals surface area (Å²) < 4.78 is 31.6. The van der Waals surface area contributed by atoms with E-state index in [0.29, 0.717) is 11.3 Å². The molecule has 0 saturated heterocycles. The lowest BCUT2D eigenvalue weighted by atomic mass is 10.1. The van der Waals surface area contributed by atoms with E-state index in [2.05, 4.69) is 4.98 Å². The van der Waals surface area contributed by atoms with Gasteiger partial charge in [0.25, 0.3) is 0 Å². The lowest BCUT2D eigenvalue weighted by Crippen LogP contribution is -1.90. The molecule has 0 spiro atoms. The molecule has 0 aliphatic heterocycles. The van der Waals surface area contributed by atoms with Crippen LogP contribution in [-0.2, 0) is 5.88 Å². The van der Waals surface area contributed by atoms with Gasteiger partial charge in [-0.2, -0.15) is 0 Å². The Hall–Kier alpha value is -1.42. The molecular weight excluding hydrogens is 236 g/mol. The fourth-order valence-electron chi connectivity index (χ4n) is 1.31. The molecule has 16 heavy (non-hydrogen) atoms. The Bertz CT molecular complexity index is 525. The molecule has 84 valence electrons. The van der Waals surface area contributed by atoms with E-state index < -0.39 is 11.6 Å². The number of rotatable bonds is 2. The minimum Gasteiger partial charge on any atom is -0.444 e. The quantitative estimate of drug-likeness (QED) is 0.753. The lowest BCUT2D eigenvalue weighted by Gasteiger charge is -2.01. The summed E-state index contributed by atoms with van der Waals surface area (Å²) in [6, 6.07) is 2.17. The number of hydrogen-bond acceptors (Lipinski definition) is 2. The molecule has 0 aliphatic carbocycles. The predicted molar refractivity (Wildman–Crippen MR) is 56.1 cm³/mol. The third-order valence-corrected chi connectivity index (χ3v) is 2.44. The molecular formula is C11H8ClF2NO. The first-order valence-corrected chi connectivity index (χ1v) is 5.11. The molecule has 2 rings (SSSR count). The second kappa shape index (κ2) is 4.22. The van der Waals surface area contributed by atoms with Crippen molar-refractivity contribution in [2.45, 2.75) is 12.8 Å². The highest BCUT2D eigenvalue weighted by molar-refractivity contribution is 6.16. The van der Waals surface area contributed by atoms with E-state index in [4.69, 9.17) is 16.0 Å². The maximum atomic E-state index is 13.5. The fourth-order valence-corrected chi connectivity index (χ4v) is 1.44. The van der Waals surface area contributed by atoms with Gasteiger partial charge in [0.05, 0.1) is 17.1 Å². The maximum absolute atomic E-state index is 13.5. The Morgan fingerprint density at radius 2 is 2.06 bits per heavy atom. The zero-order valence-electron chi connectivity index (χ0n) is 8.43. The van der Waals surface area contributed by atoms with E-state index in [0.717, 1.165) is 6.07 Å². The fraction of sp³-hybridized carbons (Fsp3) is 0.182. The minimum absolute atomic E-state index is 0.108. The van der Waals surface area contributed by atoms with Crippen LogP contribution < -0.4 is 0 Å². The van der Waals surface area contributed by atoms with Crippen molar-refractivity contribution in [3.8, 4) is 11.5 Å². The number of oxazole rings is 1. The van der Waals surface area contributed by atoms with Gasteiger partial charge in [-0.15, -0.1) is 11.6 Å². The Morgan fingerprint density at radius 3 is 2.69 bits per heavy atom. The third kappa shape index (κ3) is 1.93. The zero-order chi connectivity index (χ0) is 11.7. The molecule has 0 N–H and O–H groups in total. The van der Waals surface area contributed by atoms with Crippen LogP contribution in [0, 0.1) is 18.6 Å². The van der Waals surface area contributed by atoms with E-state index in [1.54, 1.807) is 6.92 Å². The van der Waals surface area contributed by atoms with Crippen molar-refractivity contribution in [3.63, 3.8) is 0 Å². The number of nitrogens with zero attached hydrogens (tertiary/aromatic N) is 1. The van der Waals surface area contributed by atoms with Gasteiger partial charge < -0.3 is 4.42 Å². The molecule has 0 fully saturated rings. The van der Waals surface area contributed by atoms with Crippen molar-refractivity contribution >= 4 is 11.6 Å². The molecule has 1 aromatic carbocycles. The highest BCUT2D eigenvalue weighted by Gasteiger charge is 2.14. The predicted octanol–water partition coefficient (Wildman–Crippen LogP) is 3.67. The summed E-state index contributed by atoms with van der Waals surface area (Å²) in [7, 11) is 0. The lowest BCUT2D eigenvalue weighted by molar-refractivity contribution is 0.551. The van der Waals surface area contributed by atoms with Crippen molar-refractivity contribution in [3.05, 3.63) is 41.3 Å². The van der Waals surface area contributed by atoms with Gasteiger partial charge in [0.2, 0.25) is 5.89 Å². The van der Waals surface area contributed by atoms with E-state index in [-0.39, 0.29) is 17.3 Å². The summed E-state index contributed by atoms with van der Waals surface area (Å²) in [5, 5.41) is 0. The van der Waals surface area contributed by atoms with Gasteiger partial charge in [-0.05, 0) is 18.6 Å². The standard InChI is InChI=1S/C11H8ClF2NO/c1-6-2-8(10(14)3-9(6)13)11-15-7(4-12)5-16-11/h2-3,5H,4H2,1H3. The van der Waals surface area contributed by atoms with Crippen molar-refractivity contribution in [2.75, 3.05) is 0 Å².